The molecule has 0 aromatic carbocycles. The number of hydrogen-bond donors (Lipinski definition) is 2. The third kappa shape index (κ3) is 70.6. The van der Waals surface area contributed by atoms with Gasteiger partial charge in [-0.25, -0.2) is 4.57 Å². The first-order valence-corrected chi connectivity index (χ1v) is 36.5. The Hall–Kier alpha value is -4.37. The van der Waals surface area contributed by atoms with E-state index in [1.165, 1.54) is 116 Å². The first-order valence-electron chi connectivity index (χ1n) is 35.0. The zero-order valence-corrected chi connectivity index (χ0v) is 56.3. The van der Waals surface area contributed by atoms with Crippen LogP contribution in [0.5, 0.6) is 0 Å². The fourth-order valence-corrected chi connectivity index (χ4v) is 10.1. The van der Waals surface area contributed by atoms with Crippen LogP contribution in [-0.2, 0) is 32.7 Å². The summed E-state index contributed by atoms with van der Waals surface area (Å²) in [5, 5.41) is 0. The molecule has 0 heterocycles. The molecule has 0 saturated heterocycles. The number of esters is 2. The van der Waals surface area contributed by atoms with Gasteiger partial charge in [-0.3, -0.25) is 18.6 Å². The number of carbonyl (C=O) groups excluding carboxylic acids is 2. The second kappa shape index (κ2) is 70.7. The number of hydrogen-bond acceptors (Lipinski definition) is 8. The van der Waals surface area contributed by atoms with Gasteiger partial charge in [-0.05, 0) is 122 Å². The lowest BCUT2D eigenvalue weighted by molar-refractivity contribution is -0.161. The van der Waals surface area contributed by atoms with E-state index in [4.69, 9.17) is 24.3 Å². The first-order chi connectivity index (χ1) is 42.8. The molecule has 0 aliphatic heterocycles. The van der Waals surface area contributed by atoms with Gasteiger partial charge in [0, 0.05) is 19.4 Å². The lowest BCUT2D eigenvalue weighted by Crippen LogP contribution is -2.29. The fraction of sp³-hybridized carbons (Fsp3) is 0.636. The lowest BCUT2D eigenvalue weighted by Gasteiger charge is -2.19. The van der Waals surface area contributed by atoms with Crippen molar-refractivity contribution in [3.63, 3.8) is 0 Å². The predicted octanol–water partition coefficient (Wildman–Crippen LogP) is 23.2. The Morgan fingerprint density at radius 2 is 0.598 bits per heavy atom. The van der Waals surface area contributed by atoms with E-state index >= 15 is 0 Å². The molecule has 0 aliphatic carbocycles. The highest BCUT2D eigenvalue weighted by Crippen LogP contribution is 2.43. The van der Waals surface area contributed by atoms with Gasteiger partial charge in [-0.15, -0.1) is 0 Å². The summed E-state index contributed by atoms with van der Waals surface area (Å²) in [6.45, 7) is 3.51. The number of allylic oxidation sites excluding steroid dienone is 26. The van der Waals surface area contributed by atoms with Crippen molar-refractivity contribution in [1.29, 1.82) is 0 Å². The van der Waals surface area contributed by atoms with Crippen molar-refractivity contribution in [3.8, 4) is 0 Å². The van der Waals surface area contributed by atoms with Crippen molar-refractivity contribution in [3.05, 3.63) is 158 Å². The van der Waals surface area contributed by atoms with Crippen LogP contribution in [-0.4, -0.2) is 49.3 Å². The molecule has 2 unspecified atom stereocenters. The maximum absolute atomic E-state index is 12.8. The predicted molar refractivity (Wildman–Crippen MR) is 376 cm³/mol. The Balaban J connectivity index is 3.96. The monoisotopic (exact) mass is 1230 g/mol. The summed E-state index contributed by atoms with van der Waals surface area (Å²) in [5.41, 5.74) is 5.40. The minimum Gasteiger partial charge on any atom is -0.462 e. The van der Waals surface area contributed by atoms with Gasteiger partial charge in [0.2, 0.25) is 0 Å². The molecule has 9 nitrogen and oxygen atoms in total. The average molecular weight is 1230 g/mol. The van der Waals surface area contributed by atoms with E-state index in [1.54, 1.807) is 0 Å². The van der Waals surface area contributed by atoms with Gasteiger partial charge >= 0.3 is 19.8 Å². The van der Waals surface area contributed by atoms with Crippen LogP contribution in [0.1, 0.15) is 284 Å². The summed E-state index contributed by atoms with van der Waals surface area (Å²) >= 11 is 0. The number of rotatable bonds is 64. The minimum absolute atomic E-state index is 0.0447. The van der Waals surface area contributed by atoms with E-state index in [9.17, 15) is 19.0 Å². The summed E-state index contributed by atoms with van der Waals surface area (Å²) in [6.07, 6.45) is 103. The quantitative estimate of drug-likeness (QED) is 0.0264. The molecule has 2 atom stereocenters. The highest BCUT2D eigenvalue weighted by Gasteiger charge is 2.26. The second-order valence-electron chi connectivity index (χ2n) is 22.6. The summed E-state index contributed by atoms with van der Waals surface area (Å²) < 4.78 is 33.2. The maximum Gasteiger partial charge on any atom is 0.472 e. The molecule has 0 fully saturated rings. The highest BCUT2D eigenvalue weighted by molar-refractivity contribution is 7.47. The Morgan fingerprint density at radius 1 is 0.345 bits per heavy atom. The van der Waals surface area contributed by atoms with Crippen molar-refractivity contribution in [2.24, 2.45) is 5.73 Å². The fourth-order valence-electron chi connectivity index (χ4n) is 9.33. The first kappa shape index (κ1) is 82.6. The third-order valence-electron chi connectivity index (χ3n) is 14.4. The summed E-state index contributed by atoms with van der Waals surface area (Å²) in [5.74, 6) is -0.842. The van der Waals surface area contributed by atoms with Gasteiger partial charge in [0.15, 0.2) is 6.10 Å². The Kier molecular flexibility index (Phi) is 67.2. The normalized spacial score (nSPS) is 13.9. The van der Waals surface area contributed by atoms with Crippen LogP contribution < -0.4 is 5.73 Å². The van der Waals surface area contributed by atoms with Crippen molar-refractivity contribution in [2.75, 3.05) is 26.4 Å². The molecule has 87 heavy (non-hydrogen) atoms. The van der Waals surface area contributed by atoms with E-state index < -0.39 is 26.5 Å². The highest BCUT2D eigenvalue weighted by atomic mass is 31.2. The smallest absolute Gasteiger partial charge is 0.462 e. The van der Waals surface area contributed by atoms with E-state index in [0.29, 0.717) is 6.42 Å². The number of phosphoric ester groups is 1. The molecule has 3 N–H and O–H groups in total. The standard InChI is InChI=1S/C77H128NO8P/c1-3-5-7-9-11-13-15-17-19-21-23-25-27-29-31-33-35-36-37-38-40-42-44-46-48-50-52-54-56-58-60-62-64-66-68-70-77(80)86-75(74-85-87(81,82)84-72-71-78)73-83-76(79)69-67-65-63-61-59-57-55-53-51-49-47-45-43-41-39-34-32-30-28-26-24-22-20-18-16-14-12-10-8-6-4-2/h5-8,11-14,17-20,23-26,29,31,35-36,38,40,44,46,50,52,75H,3-4,9-10,15-16,21-22,27-28,30,32-34,37,39,41-43,45,47-49,51,53-74,78H2,1-2H3,(H,81,82)/b7-5-,8-6-,13-11-,14-12-,19-17-,20-18-,25-23-,26-24-,31-29-,36-35-,40-38-,46-44-,52-50-. The number of unbranched alkanes of at least 4 members (excludes halogenated alkanes) is 25. The number of carbonyl (C=O) groups is 2. The van der Waals surface area contributed by atoms with Crippen LogP contribution in [0.2, 0.25) is 0 Å². The van der Waals surface area contributed by atoms with E-state index in [1.807, 2.05) is 0 Å². The van der Waals surface area contributed by atoms with E-state index in [-0.39, 0.29) is 38.6 Å². The van der Waals surface area contributed by atoms with Crippen LogP contribution in [0.3, 0.4) is 0 Å². The van der Waals surface area contributed by atoms with E-state index in [0.717, 1.165) is 135 Å². The van der Waals surface area contributed by atoms with Gasteiger partial charge in [-0.1, -0.05) is 307 Å². The van der Waals surface area contributed by atoms with E-state index in [2.05, 4.69) is 172 Å². The third-order valence-corrected chi connectivity index (χ3v) is 15.4. The van der Waals surface area contributed by atoms with Crippen molar-refractivity contribution < 1.29 is 37.6 Å². The maximum atomic E-state index is 12.8. The molecule has 0 bridgehead atoms. The minimum atomic E-state index is -4.41. The molecule has 494 valence electrons. The average Bonchev–Trinajstić information content (AvgIpc) is 3.64. The molecule has 0 amide bonds. The van der Waals surface area contributed by atoms with Crippen LogP contribution in [0.15, 0.2) is 158 Å². The Morgan fingerprint density at radius 3 is 0.885 bits per heavy atom. The molecule has 0 radical (unpaired) electrons. The largest absolute Gasteiger partial charge is 0.472 e. The Bertz CT molecular complexity index is 1980. The van der Waals surface area contributed by atoms with Crippen LogP contribution >= 0.6 is 7.82 Å². The second-order valence-corrected chi connectivity index (χ2v) is 24.1. The number of nitrogens with two attached hydrogens (primary N) is 1. The van der Waals surface area contributed by atoms with Gasteiger partial charge in [0.25, 0.3) is 0 Å². The lowest BCUT2D eigenvalue weighted by atomic mass is 10.0. The Labute approximate surface area is 534 Å². The topological polar surface area (TPSA) is 134 Å². The molecule has 0 aliphatic rings. The molecule has 10 heteroatoms. The van der Waals surface area contributed by atoms with Crippen LogP contribution in [0, 0.1) is 0 Å². The SMILES string of the molecule is CC/C=C\C/C=C\C/C=C\C/C=C\C/C=C\C/C=C\C/C=C\C/C=C\C/C=C\CCCCCCCCCC(=O)OC(COC(=O)CCCCCCCCCCCCCCCCCCCC/C=C\C/C=C\C/C=C\C/C=C\CC)COP(=O)(O)OCCN. The number of phosphoric acid groups is 1. The summed E-state index contributed by atoms with van der Waals surface area (Å²) in [6, 6.07) is 0. The van der Waals surface area contributed by atoms with Crippen LogP contribution in [0.4, 0.5) is 0 Å². The molecule has 0 aromatic heterocycles. The zero-order valence-electron chi connectivity index (χ0n) is 55.4. The summed E-state index contributed by atoms with van der Waals surface area (Å²) in [4.78, 5) is 35.4. The van der Waals surface area contributed by atoms with Crippen molar-refractivity contribution in [2.45, 2.75) is 290 Å². The van der Waals surface area contributed by atoms with Crippen molar-refractivity contribution >= 4 is 19.8 Å². The van der Waals surface area contributed by atoms with Gasteiger partial charge in [-0.2, -0.15) is 0 Å². The molecule has 0 saturated carbocycles. The van der Waals surface area contributed by atoms with Crippen LogP contribution in [0.25, 0.3) is 0 Å². The van der Waals surface area contributed by atoms with Gasteiger partial charge < -0.3 is 20.1 Å². The molecular formula is C77H128NO8P. The molecule has 0 aromatic rings. The molecule has 0 spiro atoms. The van der Waals surface area contributed by atoms with Gasteiger partial charge in [0.05, 0.1) is 13.2 Å². The molecular weight excluding hydrogens is 1100 g/mol. The van der Waals surface area contributed by atoms with Gasteiger partial charge in [0.1, 0.15) is 6.61 Å². The summed E-state index contributed by atoms with van der Waals surface area (Å²) in [7, 11) is -4.41. The number of ether oxygens (including phenoxy) is 2. The van der Waals surface area contributed by atoms with Crippen molar-refractivity contribution in [1.82, 2.24) is 0 Å². The molecule has 0 rings (SSSR count). The zero-order chi connectivity index (χ0) is 63.0.